The van der Waals surface area contributed by atoms with E-state index in [0.717, 1.165) is 32.6 Å². The number of hydrogen-bond acceptors (Lipinski definition) is 4. The maximum atomic E-state index is 10.6. The first-order valence-electron chi connectivity index (χ1n) is 21.6. The molecule has 0 fully saturated rings. The number of aromatic nitrogens is 2. The first kappa shape index (κ1) is 30.1. The zero-order valence-electron chi connectivity index (χ0n) is 38.9. The first-order valence-corrected chi connectivity index (χ1v) is 22.9. The van der Waals surface area contributed by atoms with E-state index in [1.54, 1.807) is 18.3 Å². The van der Waals surface area contributed by atoms with Crippen LogP contribution in [-0.2, 0) is 26.5 Å². The van der Waals surface area contributed by atoms with Crippen molar-refractivity contribution in [1.82, 2.24) is 9.97 Å². The van der Waals surface area contributed by atoms with Crippen molar-refractivity contribution in [2.24, 2.45) is 5.41 Å². The topological polar surface area (TPSA) is 62.7 Å². The van der Waals surface area contributed by atoms with Crippen LogP contribution in [0.3, 0.4) is 0 Å². The minimum atomic E-state index is -3.35. The Bertz CT molecular complexity index is 2890. The standard InChI is InChI=1S/C33H25GeN2O.C16H18N.Ir/c1-22-19-31(36-21-23(22)2)28-16-10-15-26-27-17-18-30(29(20-35)33(27)37-32(26)28)34(3,24-11-6-4-7-12-24)25-13-8-5-9-14-25;1-16(2,3)12-13-9-10-17-15(11-13)14-7-5-4-6-8-14;/h4-15,17-19,21H,1-3H3;4-7,9-11H,12H2,1-3H3;/q2*-1;/i1D3,2D3;12D2;. The molecule has 0 amide bonds. The molecule has 0 aliphatic heterocycles. The van der Waals surface area contributed by atoms with Crippen molar-refractivity contribution in [2.75, 3.05) is 0 Å². The molecule has 5 aromatic carbocycles. The van der Waals surface area contributed by atoms with E-state index in [2.05, 4.69) is 58.2 Å². The minimum absolute atomic E-state index is 0. The zero-order chi connectivity index (χ0) is 44.7. The van der Waals surface area contributed by atoms with E-state index in [1.807, 2.05) is 106 Å². The predicted octanol–water partition coefficient (Wildman–Crippen LogP) is 10.2. The van der Waals surface area contributed by atoms with Crippen molar-refractivity contribution in [1.29, 1.82) is 5.26 Å². The van der Waals surface area contributed by atoms with Gasteiger partial charge in [-0.2, -0.15) is 0 Å². The van der Waals surface area contributed by atoms with Gasteiger partial charge in [-0.05, 0) is 23.5 Å². The molecule has 0 aliphatic carbocycles. The summed E-state index contributed by atoms with van der Waals surface area (Å²) >= 11 is -3.35. The molecule has 8 rings (SSSR count). The molecular formula is C49H43GeIrN3O-2. The summed E-state index contributed by atoms with van der Waals surface area (Å²) < 4.78 is 73.8. The van der Waals surface area contributed by atoms with Gasteiger partial charge in [0, 0.05) is 29.0 Å². The van der Waals surface area contributed by atoms with Gasteiger partial charge in [-0.1, -0.05) is 32.4 Å². The van der Waals surface area contributed by atoms with Gasteiger partial charge in [-0.3, -0.25) is 0 Å². The summed E-state index contributed by atoms with van der Waals surface area (Å²) in [6.07, 6.45) is 1.35. The molecule has 3 aromatic heterocycles. The number of aryl methyl sites for hydroxylation is 2. The molecule has 0 aliphatic rings. The molecular weight excluding hydrogens is 911 g/mol. The summed E-state index contributed by atoms with van der Waals surface area (Å²) in [4.78, 5) is 8.64. The number of pyridine rings is 2. The van der Waals surface area contributed by atoms with Crippen molar-refractivity contribution in [3.63, 3.8) is 0 Å². The molecule has 0 unspecified atom stereocenters. The maximum absolute atomic E-state index is 10.6. The second-order valence-electron chi connectivity index (χ2n) is 14.2. The molecule has 1 radical (unpaired) electrons. The predicted molar refractivity (Wildman–Crippen MR) is 225 cm³/mol. The normalized spacial score (nSPS) is 14.2. The van der Waals surface area contributed by atoms with Gasteiger partial charge in [0.1, 0.15) is 0 Å². The van der Waals surface area contributed by atoms with Gasteiger partial charge in [0.05, 0.1) is 0 Å². The molecule has 275 valence electrons. The summed E-state index contributed by atoms with van der Waals surface area (Å²) in [7, 11) is 0. The number of fused-ring (bicyclic) bond motifs is 3. The van der Waals surface area contributed by atoms with Crippen LogP contribution in [0.25, 0.3) is 44.5 Å². The van der Waals surface area contributed by atoms with E-state index in [1.165, 1.54) is 14.9 Å². The van der Waals surface area contributed by atoms with Gasteiger partial charge in [-0.15, -0.1) is 35.9 Å². The number of hydrogen-bond donors (Lipinski definition) is 0. The average molecular weight is 963 g/mol. The summed E-state index contributed by atoms with van der Waals surface area (Å²) in [5.74, 6) is 2.28. The summed E-state index contributed by atoms with van der Waals surface area (Å²) in [6.45, 7) is 0.404. The van der Waals surface area contributed by atoms with Crippen LogP contribution in [0, 0.1) is 42.6 Å². The molecule has 0 N–H and O–H groups in total. The quantitative estimate of drug-likeness (QED) is 0.123. The minimum Gasteiger partial charge on any atom is -0.305 e. The molecule has 0 atom stereocenters. The Morgan fingerprint density at radius 1 is 0.764 bits per heavy atom. The van der Waals surface area contributed by atoms with Crippen molar-refractivity contribution >= 4 is 48.4 Å². The molecule has 0 spiro atoms. The van der Waals surface area contributed by atoms with Crippen molar-refractivity contribution < 1.29 is 35.5 Å². The van der Waals surface area contributed by atoms with Crippen LogP contribution in [0.1, 0.15) is 54.0 Å². The van der Waals surface area contributed by atoms with Crippen LogP contribution >= 0.6 is 0 Å². The van der Waals surface area contributed by atoms with Gasteiger partial charge in [0.2, 0.25) is 0 Å². The largest absolute Gasteiger partial charge is 0.305 e. The molecule has 0 saturated carbocycles. The van der Waals surface area contributed by atoms with Crippen LogP contribution < -0.4 is 13.2 Å². The number of rotatable bonds is 6. The zero-order valence-corrected chi connectivity index (χ0v) is 35.4. The van der Waals surface area contributed by atoms with Crippen LogP contribution in [-0.4, -0.2) is 23.2 Å². The third-order valence-corrected chi connectivity index (χ3v) is 18.8. The molecule has 6 heteroatoms. The Morgan fingerprint density at radius 3 is 2.09 bits per heavy atom. The monoisotopic (exact) mass is 964 g/mol. The third-order valence-electron chi connectivity index (χ3n) is 9.38. The summed E-state index contributed by atoms with van der Waals surface area (Å²) in [6, 6.07) is 49.2. The van der Waals surface area contributed by atoms with Crippen LogP contribution in [0.2, 0.25) is 5.76 Å². The molecule has 0 saturated heterocycles. The average Bonchev–Trinajstić information content (AvgIpc) is 3.65. The van der Waals surface area contributed by atoms with Gasteiger partial charge < -0.3 is 4.98 Å². The Kier molecular flexibility index (Phi) is 9.16. The van der Waals surface area contributed by atoms with E-state index in [4.69, 9.17) is 15.4 Å². The molecule has 4 nitrogen and oxygen atoms in total. The second-order valence-corrected chi connectivity index (χ2v) is 22.5. The Hall–Kier alpha value is -5.12. The Balaban J connectivity index is 0.000000277. The fourth-order valence-electron chi connectivity index (χ4n) is 6.78. The molecule has 8 aromatic rings. The Morgan fingerprint density at radius 2 is 1.45 bits per heavy atom. The first-order chi connectivity index (χ1) is 29.3. The van der Waals surface area contributed by atoms with Crippen molar-refractivity contribution in [3.05, 3.63) is 174 Å². The van der Waals surface area contributed by atoms with Crippen molar-refractivity contribution in [2.45, 2.75) is 46.6 Å². The smallest absolute Gasteiger partial charge is 0.0321 e. The third kappa shape index (κ3) is 8.28. The number of benzene rings is 5. The van der Waals surface area contributed by atoms with Gasteiger partial charge in [0.15, 0.2) is 0 Å². The van der Waals surface area contributed by atoms with Crippen molar-refractivity contribution in [3.8, 4) is 28.6 Å². The molecule has 0 bridgehead atoms. The van der Waals surface area contributed by atoms with E-state index >= 15 is 0 Å². The molecule has 55 heavy (non-hydrogen) atoms. The number of furan rings is 1. The maximum Gasteiger partial charge on any atom is 0.0321 e. The summed E-state index contributed by atoms with van der Waals surface area (Å²) in [5, 5.41) is 12.1. The fraction of sp³-hybridized carbons (Fsp3) is 0.163. The number of nitrogens with zero attached hydrogens (tertiary/aromatic N) is 3. The van der Waals surface area contributed by atoms with E-state index in [-0.39, 0.29) is 36.9 Å². The van der Waals surface area contributed by atoms with E-state index < -0.39 is 38.8 Å². The van der Waals surface area contributed by atoms with Crippen LogP contribution in [0.15, 0.2) is 144 Å². The molecule has 3 heterocycles. The SMILES string of the molecule is [2H]C([2H])([2H])c1cnc(-c2[c-]ccc3c2oc2c(C#N)[c]([Ge]([CH3])([c]4ccccc4)[c]4ccccc4)ccc23)cc1C([2H])([2H])[2H].[2H]C([2H])(c1ccnc(-c2[c-]cccc2)c1)C(C)(C)C.[Ir]. The fourth-order valence-corrected chi connectivity index (χ4v) is 14.7. The number of nitriles is 1. The van der Waals surface area contributed by atoms with Crippen LogP contribution in [0.4, 0.5) is 0 Å². The van der Waals surface area contributed by atoms with Gasteiger partial charge in [0.25, 0.3) is 0 Å². The Labute approximate surface area is 352 Å². The van der Waals surface area contributed by atoms with Crippen LogP contribution in [0.5, 0.6) is 0 Å². The second kappa shape index (κ2) is 16.7. The van der Waals surface area contributed by atoms with Gasteiger partial charge >= 0.3 is 228 Å². The summed E-state index contributed by atoms with van der Waals surface area (Å²) in [5.41, 5.74) is 3.11. The van der Waals surface area contributed by atoms with E-state index in [0.29, 0.717) is 27.9 Å². The van der Waals surface area contributed by atoms with Gasteiger partial charge in [-0.25, -0.2) is 0 Å². The van der Waals surface area contributed by atoms with E-state index in [9.17, 15) is 5.26 Å².